The van der Waals surface area contributed by atoms with Gasteiger partial charge in [0.15, 0.2) is 17.1 Å². The maximum atomic E-state index is 5.99. The van der Waals surface area contributed by atoms with Crippen LogP contribution in [-0.2, 0) is 37.3 Å². The van der Waals surface area contributed by atoms with Crippen LogP contribution in [0, 0.1) is 13.8 Å². The van der Waals surface area contributed by atoms with Gasteiger partial charge in [-0.05, 0) is 104 Å². The number of aromatic amines is 1. The summed E-state index contributed by atoms with van der Waals surface area (Å²) in [6.45, 7) is 14.0. The van der Waals surface area contributed by atoms with Crippen molar-refractivity contribution in [3.05, 3.63) is 150 Å². The lowest BCUT2D eigenvalue weighted by atomic mass is 9.82. The fourth-order valence-electron chi connectivity index (χ4n) is 9.46. The van der Waals surface area contributed by atoms with E-state index in [1.165, 1.54) is 22.3 Å². The lowest BCUT2D eigenvalue weighted by Crippen LogP contribution is -2.31. The van der Waals surface area contributed by atoms with Crippen LogP contribution in [0.3, 0.4) is 0 Å². The number of anilines is 1. The molecule has 0 spiro atoms. The molecule has 0 radical (unpaired) electrons. The summed E-state index contributed by atoms with van der Waals surface area (Å²) >= 11 is 0. The highest BCUT2D eigenvalue weighted by Gasteiger charge is 2.25. The Balaban J connectivity index is 0.000000153. The summed E-state index contributed by atoms with van der Waals surface area (Å²) in [6, 6.07) is 30.6. The molecule has 1 aliphatic carbocycles. The van der Waals surface area contributed by atoms with E-state index < -0.39 is 8.07 Å². The third kappa shape index (κ3) is 8.82. The van der Waals surface area contributed by atoms with Gasteiger partial charge in [0.25, 0.3) is 0 Å². The molecule has 340 valence electrons. The molecule has 8 aromatic heterocycles. The molecule has 2 aromatic carbocycles. The van der Waals surface area contributed by atoms with E-state index in [1.807, 2.05) is 61.1 Å². The number of aromatic nitrogens is 12. The van der Waals surface area contributed by atoms with E-state index in [0.717, 1.165) is 136 Å². The van der Waals surface area contributed by atoms with E-state index in [4.69, 9.17) is 29.7 Å². The first kappa shape index (κ1) is 43.2. The van der Waals surface area contributed by atoms with Crippen LogP contribution in [0.15, 0.2) is 110 Å². The van der Waals surface area contributed by atoms with Crippen molar-refractivity contribution >= 4 is 58.3 Å². The molecule has 1 N–H and O–H groups in total. The number of rotatable bonds is 9. The molecule has 1 aliphatic heterocycles. The van der Waals surface area contributed by atoms with Crippen molar-refractivity contribution in [3.8, 4) is 22.5 Å². The van der Waals surface area contributed by atoms with Gasteiger partial charge in [0.1, 0.15) is 47.6 Å². The van der Waals surface area contributed by atoms with Gasteiger partial charge in [0.05, 0.1) is 33.6 Å². The van der Waals surface area contributed by atoms with Gasteiger partial charge >= 0.3 is 0 Å². The molecule has 0 bridgehead atoms. The topological polar surface area (TPSA) is 162 Å². The van der Waals surface area contributed by atoms with Crippen LogP contribution in [0.5, 0.6) is 0 Å². The highest BCUT2D eigenvalue weighted by Crippen LogP contribution is 2.35. The molecule has 9 heterocycles. The Morgan fingerprint density at radius 3 is 2.16 bits per heavy atom. The Morgan fingerprint density at radius 1 is 0.676 bits per heavy atom. The number of imidazole rings is 2. The van der Waals surface area contributed by atoms with Crippen molar-refractivity contribution < 1.29 is 4.74 Å². The average molecular weight is 916 g/mol. The van der Waals surface area contributed by atoms with E-state index in [9.17, 15) is 0 Å². The summed E-state index contributed by atoms with van der Waals surface area (Å²) in [5.41, 5.74) is 17.0. The Morgan fingerprint density at radius 2 is 1.37 bits per heavy atom. The third-order valence-corrected chi connectivity index (χ3v) is 14.9. The Kier molecular flexibility index (Phi) is 11.5. The SMILES string of the molecule is Cc1nc2cc(-c3ccc4ncnc(C5CCc6ccccc6C5)c4n3)cnc2n1COCC[Si](C)(C)C.Cc1nc2ncc(-c3ccc4ncnc(N5CCc6ccccc6C5)c4n3)cc2[nH]1. The first-order chi connectivity index (χ1) is 33.1. The van der Waals surface area contributed by atoms with Crippen LogP contribution in [0.4, 0.5) is 5.82 Å². The molecule has 0 saturated carbocycles. The highest BCUT2D eigenvalue weighted by molar-refractivity contribution is 6.76. The number of fused-ring (bicyclic) bond motifs is 6. The lowest BCUT2D eigenvalue weighted by molar-refractivity contribution is 0.0881. The monoisotopic (exact) mass is 915 g/mol. The van der Waals surface area contributed by atoms with E-state index in [2.05, 4.69) is 109 Å². The molecule has 15 heteroatoms. The summed E-state index contributed by atoms with van der Waals surface area (Å²) < 4.78 is 8.04. The fraction of sp³-hybridized carbons (Fsp3) is 0.283. The normalized spacial score (nSPS) is 14.8. The van der Waals surface area contributed by atoms with Crippen LogP contribution < -0.4 is 4.90 Å². The number of benzene rings is 2. The Hall–Kier alpha value is -7.36. The van der Waals surface area contributed by atoms with Crippen molar-refractivity contribution in [2.75, 3.05) is 18.1 Å². The summed E-state index contributed by atoms with van der Waals surface area (Å²) in [7, 11) is -1.12. The lowest BCUT2D eigenvalue weighted by Gasteiger charge is -2.30. The predicted molar refractivity (Wildman–Crippen MR) is 270 cm³/mol. The van der Waals surface area contributed by atoms with E-state index in [1.54, 1.807) is 12.7 Å². The van der Waals surface area contributed by atoms with Crippen LogP contribution in [-0.4, -0.2) is 80.6 Å². The minimum absolute atomic E-state index is 0.332. The summed E-state index contributed by atoms with van der Waals surface area (Å²) in [5.74, 6) is 2.96. The molecule has 1 unspecified atom stereocenters. The van der Waals surface area contributed by atoms with E-state index in [-0.39, 0.29) is 0 Å². The quantitative estimate of drug-likeness (QED) is 0.108. The van der Waals surface area contributed by atoms with Gasteiger partial charge in [-0.25, -0.2) is 49.8 Å². The van der Waals surface area contributed by atoms with E-state index >= 15 is 0 Å². The second-order valence-electron chi connectivity index (χ2n) is 19.2. The number of hydrogen-bond donors (Lipinski definition) is 1. The zero-order valence-electron chi connectivity index (χ0n) is 39.1. The molecule has 0 fully saturated rings. The smallest absolute Gasteiger partial charge is 0.177 e. The molecule has 2 aliphatic rings. The molecule has 0 saturated heterocycles. The zero-order chi connectivity index (χ0) is 46.4. The number of nitrogens with zero attached hydrogens (tertiary/aromatic N) is 12. The van der Waals surface area contributed by atoms with Gasteiger partial charge in [-0.2, -0.15) is 0 Å². The van der Waals surface area contributed by atoms with Crippen LogP contribution in [0.1, 0.15) is 51.9 Å². The first-order valence-corrected chi connectivity index (χ1v) is 27.2. The van der Waals surface area contributed by atoms with Crippen LogP contribution >= 0.6 is 0 Å². The van der Waals surface area contributed by atoms with Crippen molar-refractivity contribution in [2.24, 2.45) is 0 Å². The van der Waals surface area contributed by atoms with Gasteiger partial charge in [-0.1, -0.05) is 68.2 Å². The predicted octanol–water partition coefficient (Wildman–Crippen LogP) is 10.2. The molecular formula is C53H53N13OSi. The van der Waals surface area contributed by atoms with Crippen molar-refractivity contribution in [1.29, 1.82) is 0 Å². The Bertz CT molecular complexity index is 3490. The number of hydrogen-bond acceptors (Lipinski definition) is 12. The first-order valence-electron chi connectivity index (χ1n) is 23.5. The highest BCUT2D eigenvalue weighted by atomic mass is 28.3. The average Bonchev–Trinajstić information content (AvgIpc) is 3.90. The molecule has 1 atom stereocenters. The van der Waals surface area contributed by atoms with Crippen LogP contribution in [0.2, 0.25) is 25.7 Å². The number of nitrogens with one attached hydrogen (secondary N) is 1. The van der Waals surface area contributed by atoms with Gasteiger partial charge in [0.2, 0.25) is 0 Å². The van der Waals surface area contributed by atoms with E-state index in [0.29, 0.717) is 18.3 Å². The molecule has 68 heavy (non-hydrogen) atoms. The zero-order valence-corrected chi connectivity index (χ0v) is 40.1. The Labute approximate surface area is 395 Å². The summed E-state index contributed by atoms with van der Waals surface area (Å²) in [4.78, 5) is 52.3. The molecule has 10 aromatic rings. The number of pyridine rings is 4. The van der Waals surface area contributed by atoms with Crippen molar-refractivity contribution in [2.45, 2.75) is 84.4 Å². The number of aryl methyl sites for hydroxylation is 3. The maximum absolute atomic E-state index is 5.99. The maximum Gasteiger partial charge on any atom is 0.177 e. The van der Waals surface area contributed by atoms with Gasteiger partial charge < -0.3 is 14.6 Å². The van der Waals surface area contributed by atoms with Crippen molar-refractivity contribution in [1.82, 2.24) is 59.4 Å². The standard InChI is InChI=1S/C30H34N6OSi.C23H19N7/c1-20-34-27-16-24(17-31-30(27)36(20)19-37-13-14-38(2,3)4)25-11-12-26-29(35-25)28(33-18-32-26)23-10-9-21-7-5-6-8-22(21)15-23;1-14-27-20-10-17(11-24-22(20)28-14)18-6-7-19-21(29-18)23(26-13-25-19)30-9-8-15-4-2-3-5-16(15)12-30/h5-8,11-12,16-18,23H,9-10,13-15,19H2,1-4H3;2-7,10-11,13H,8-9,12H2,1H3,(H,24,27,28). The fourth-order valence-corrected chi connectivity index (χ4v) is 10.2. The van der Waals surface area contributed by atoms with Gasteiger partial charge in [-0.15, -0.1) is 0 Å². The number of H-pyrrole nitrogens is 1. The minimum atomic E-state index is -1.12. The largest absolute Gasteiger partial charge is 0.361 e. The number of ether oxygens (including phenoxy) is 1. The second-order valence-corrected chi connectivity index (χ2v) is 24.8. The summed E-state index contributed by atoms with van der Waals surface area (Å²) in [6.07, 6.45) is 11.1. The van der Waals surface area contributed by atoms with Crippen LogP contribution in [0.25, 0.3) is 66.9 Å². The molecular weight excluding hydrogens is 863 g/mol. The van der Waals surface area contributed by atoms with Gasteiger partial charge in [-0.3, -0.25) is 4.57 Å². The van der Waals surface area contributed by atoms with Gasteiger partial charge in [0, 0.05) is 57.2 Å². The minimum Gasteiger partial charge on any atom is -0.361 e. The summed E-state index contributed by atoms with van der Waals surface area (Å²) in [5, 5.41) is 0. The third-order valence-electron chi connectivity index (χ3n) is 13.2. The van der Waals surface area contributed by atoms with Crippen molar-refractivity contribution in [3.63, 3.8) is 0 Å². The molecule has 0 amide bonds. The molecule has 12 rings (SSSR count). The molecule has 14 nitrogen and oxygen atoms in total. The second kappa shape index (κ2) is 18.0.